The van der Waals surface area contributed by atoms with Gasteiger partial charge in [-0.05, 0) is 39.3 Å². The molecule has 0 atom stereocenters. The topological polar surface area (TPSA) is 58.5 Å². The molecule has 5 nitrogen and oxygen atoms in total. The summed E-state index contributed by atoms with van der Waals surface area (Å²) in [6.45, 7) is 8.38. The third kappa shape index (κ3) is 5.85. The highest BCUT2D eigenvalue weighted by molar-refractivity contribution is 7.11. The van der Waals surface area contributed by atoms with Crippen molar-refractivity contribution in [3.05, 3.63) is 45.4 Å². The van der Waals surface area contributed by atoms with Gasteiger partial charge in [-0.1, -0.05) is 17.7 Å². The second kappa shape index (κ2) is 9.27. The van der Waals surface area contributed by atoms with Crippen molar-refractivity contribution in [1.82, 2.24) is 15.6 Å². The van der Waals surface area contributed by atoms with Gasteiger partial charge in [-0.2, -0.15) is 0 Å². The summed E-state index contributed by atoms with van der Waals surface area (Å²) in [7, 11) is 1.77. The Labute approximate surface area is 148 Å². The lowest BCUT2D eigenvalue weighted by molar-refractivity contribution is 0.311. The van der Waals surface area contributed by atoms with Crippen LogP contribution in [0.2, 0.25) is 0 Å². The molecule has 0 saturated heterocycles. The van der Waals surface area contributed by atoms with Crippen molar-refractivity contribution in [2.75, 3.05) is 20.2 Å². The van der Waals surface area contributed by atoms with Gasteiger partial charge in [0.05, 0.1) is 18.8 Å². The van der Waals surface area contributed by atoms with Crippen molar-refractivity contribution in [2.45, 2.75) is 33.7 Å². The number of nitrogens with zero attached hydrogens (tertiary/aromatic N) is 2. The summed E-state index contributed by atoms with van der Waals surface area (Å²) >= 11 is 1.72. The number of aliphatic imine (C=N–C) groups is 1. The predicted molar refractivity (Wildman–Crippen MR) is 101 cm³/mol. The van der Waals surface area contributed by atoms with E-state index in [0.29, 0.717) is 13.2 Å². The molecule has 1 aromatic carbocycles. The fourth-order valence-corrected chi connectivity index (χ4v) is 2.97. The van der Waals surface area contributed by atoms with Gasteiger partial charge in [0, 0.05) is 18.5 Å². The number of benzene rings is 1. The molecule has 24 heavy (non-hydrogen) atoms. The number of aryl methyl sites for hydroxylation is 3. The highest BCUT2D eigenvalue weighted by atomic mass is 32.1. The summed E-state index contributed by atoms with van der Waals surface area (Å²) in [6.07, 6.45) is 0.907. The molecule has 1 aromatic heterocycles. The molecule has 0 aliphatic carbocycles. The number of aromatic nitrogens is 1. The lowest BCUT2D eigenvalue weighted by Crippen LogP contribution is -2.37. The zero-order valence-electron chi connectivity index (χ0n) is 14.8. The van der Waals surface area contributed by atoms with Crippen LogP contribution < -0.4 is 15.4 Å². The molecule has 0 saturated carbocycles. The average molecular weight is 347 g/mol. The number of rotatable bonds is 7. The largest absolute Gasteiger partial charge is 0.494 e. The van der Waals surface area contributed by atoms with Gasteiger partial charge in [0.1, 0.15) is 10.8 Å². The van der Waals surface area contributed by atoms with Crippen molar-refractivity contribution in [3.8, 4) is 5.75 Å². The third-order valence-electron chi connectivity index (χ3n) is 3.61. The molecule has 0 radical (unpaired) electrons. The van der Waals surface area contributed by atoms with Crippen LogP contribution in [0.3, 0.4) is 0 Å². The Morgan fingerprint density at radius 1 is 1.17 bits per heavy atom. The molecule has 2 aromatic rings. The minimum absolute atomic E-state index is 0.678. The van der Waals surface area contributed by atoms with Crippen LogP contribution in [0, 0.1) is 20.8 Å². The first kappa shape index (κ1) is 18.3. The molecule has 6 heteroatoms. The summed E-state index contributed by atoms with van der Waals surface area (Å²) in [4.78, 5) is 10.0. The maximum atomic E-state index is 5.71. The van der Waals surface area contributed by atoms with Gasteiger partial charge < -0.3 is 15.4 Å². The molecule has 0 bridgehead atoms. The first-order valence-electron chi connectivity index (χ1n) is 8.15. The molecule has 0 aliphatic heterocycles. The monoisotopic (exact) mass is 346 g/mol. The maximum absolute atomic E-state index is 5.71. The van der Waals surface area contributed by atoms with Crippen molar-refractivity contribution in [1.29, 1.82) is 0 Å². The van der Waals surface area contributed by atoms with Crippen LogP contribution in [0.4, 0.5) is 0 Å². The van der Waals surface area contributed by atoms with Gasteiger partial charge in [0.25, 0.3) is 0 Å². The van der Waals surface area contributed by atoms with Gasteiger partial charge in [-0.25, -0.2) is 4.98 Å². The normalized spacial score (nSPS) is 11.4. The van der Waals surface area contributed by atoms with E-state index in [2.05, 4.69) is 46.6 Å². The molecular weight excluding hydrogens is 320 g/mol. The van der Waals surface area contributed by atoms with Crippen LogP contribution in [0.15, 0.2) is 29.3 Å². The summed E-state index contributed by atoms with van der Waals surface area (Å²) in [5.41, 5.74) is 2.34. The second-order valence-corrected chi connectivity index (χ2v) is 6.90. The molecular formula is C18H26N4OS. The van der Waals surface area contributed by atoms with E-state index in [0.717, 1.165) is 35.4 Å². The molecule has 0 amide bonds. The number of guanidine groups is 1. The van der Waals surface area contributed by atoms with Gasteiger partial charge in [0.15, 0.2) is 5.96 Å². The maximum Gasteiger partial charge on any atom is 0.191 e. The summed E-state index contributed by atoms with van der Waals surface area (Å²) in [5, 5.41) is 7.66. The average Bonchev–Trinajstić information content (AvgIpc) is 2.90. The van der Waals surface area contributed by atoms with Crippen LogP contribution in [0.1, 0.15) is 27.6 Å². The number of ether oxygens (including phenoxy) is 1. The van der Waals surface area contributed by atoms with Crippen molar-refractivity contribution in [3.63, 3.8) is 0 Å². The Morgan fingerprint density at radius 3 is 2.54 bits per heavy atom. The Bertz CT molecular complexity index is 645. The Kier molecular flexibility index (Phi) is 7.06. The molecule has 2 N–H and O–H groups in total. The van der Waals surface area contributed by atoms with E-state index in [4.69, 9.17) is 4.74 Å². The Hall–Kier alpha value is -2.08. The molecule has 0 aliphatic rings. The van der Waals surface area contributed by atoms with Crippen molar-refractivity contribution in [2.24, 2.45) is 4.99 Å². The first-order chi connectivity index (χ1) is 11.6. The van der Waals surface area contributed by atoms with Gasteiger partial charge in [-0.3, -0.25) is 4.99 Å². The number of thiazole rings is 1. The quantitative estimate of drug-likeness (QED) is 0.459. The SMILES string of the molecule is CN=C(NCCCOc1ccc(C)cc1)NCc1nc(C)c(C)s1. The molecule has 1 heterocycles. The van der Waals surface area contributed by atoms with Crippen LogP contribution >= 0.6 is 11.3 Å². The Morgan fingerprint density at radius 2 is 1.92 bits per heavy atom. The third-order valence-corrected chi connectivity index (χ3v) is 4.68. The second-order valence-electron chi connectivity index (χ2n) is 5.62. The fraction of sp³-hybridized carbons (Fsp3) is 0.444. The summed E-state index contributed by atoms with van der Waals surface area (Å²) in [6, 6.07) is 8.12. The number of hydrogen-bond acceptors (Lipinski definition) is 4. The Balaban J connectivity index is 1.63. The fourth-order valence-electron chi connectivity index (χ4n) is 2.10. The van der Waals surface area contributed by atoms with E-state index < -0.39 is 0 Å². The predicted octanol–water partition coefficient (Wildman–Crippen LogP) is 3.20. The summed E-state index contributed by atoms with van der Waals surface area (Å²) in [5.74, 6) is 1.70. The van der Waals surface area contributed by atoms with Gasteiger partial charge in [-0.15, -0.1) is 11.3 Å². The van der Waals surface area contributed by atoms with E-state index in [1.807, 2.05) is 19.1 Å². The lowest BCUT2D eigenvalue weighted by atomic mass is 10.2. The lowest BCUT2D eigenvalue weighted by Gasteiger charge is -2.11. The van der Waals surface area contributed by atoms with Crippen LogP contribution in [-0.2, 0) is 6.54 Å². The highest BCUT2D eigenvalue weighted by Gasteiger charge is 2.04. The first-order valence-corrected chi connectivity index (χ1v) is 8.97. The summed E-state index contributed by atoms with van der Waals surface area (Å²) < 4.78 is 5.71. The molecule has 2 rings (SSSR count). The van der Waals surface area contributed by atoms with Crippen LogP contribution in [0.5, 0.6) is 5.75 Å². The van der Waals surface area contributed by atoms with Crippen LogP contribution in [0.25, 0.3) is 0 Å². The van der Waals surface area contributed by atoms with Crippen molar-refractivity contribution >= 4 is 17.3 Å². The van der Waals surface area contributed by atoms with Gasteiger partial charge in [0.2, 0.25) is 0 Å². The molecule has 0 fully saturated rings. The smallest absolute Gasteiger partial charge is 0.191 e. The molecule has 130 valence electrons. The van der Waals surface area contributed by atoms with Gasteiger partial charge >= 0.3 is 0 Å². The van der Waals surface area contributed by atoms with E-state index >= 15 is 0 Å². The number of nitrogens with one attached hydrogen (secondary N) is 2. The highest BCUT2D eigenvalue weighted by Crippen LogP contribution is 2.15. The van der Waals surface area contributed by atoms with E-state index in [1.54, 1.807) is 18.4 Å². The zero-order valence-corrected chi connectivity index (χ0v) is 15.7. The zero-order chi connectivity index (χ0) is 17.4. The minimum Gasteiger partial charge on any atom is -0.494 e. The standard InChI is InChI=1S/C18H26N4OS/c1-13-6-8-16(9-7-13)23-11-5-10-20-18(19-4)21-12-17-22-14(2)15(3)24-17/h6-9H,5,10-12H2,1-4H3,(H2,19,20,21). The van der Waals surface area contributed by atoms with E-state index in [1.165, 1.54) is 10.4 Å². The van der Waals surface area contributed by atoms with Crippen molar-refractivity contribution < 1.29 is 4.74 Å². The minimum atomic E-state index is 0.678. The van der Waals surface area contributed by atoms with E-state index in [-0.39, 0.29) is 0 Å². The molecule has 0 spiro atoms. The molecule has 0 unspecified atom stereocenters. The van der Waals surface area contributed by atoms with Crippen LogP contribution in [-0.4, -0.2) is 31.1 Å². The number of hydrogen-bond donors (Lipinski definition) is 2. The van der Waals surface area contributed by atoms with E-state index in [9.17, 15) is 0 Å².